The van der Waals surface area contributed by atoms with Gasteiger partial charge in [-0.1, -0.05) is 90.3 Å². The van der Waals surface area contributed by atoms with Gasteiger partial charge >= 0.3 is 21.1 Å². The number of benzene rings is 3. The molecule has 3 aromatic carbocycles. The summed E-state index contributed by atoms with van der Waals surface area (Å²) in [7, 11) is 0. The van der Waals surface area contributed by atoms with Crippen LogP contribution in [-0.4, -0.2) is 19.3 Å². The fraction of sp³-hybridized carbons (Fsp3) is 0.391. The molecule has 0 amide bonds. The SMILES string of the molecule is CCCc1ccnc(-n2c3[c-]c(Oc4[c-]c(-n5nc(C)c(C6C(C)=C[C@H](C(C)C)C[C@@H]6C)c5C)cc(C(C)(C)C)c4)ccc3c3ccccc32)c1.[Pt+2]. The number of pyridine rings is 1. The van der Waals surface area contributed by atoms with E-state index in [0.29, 0.717) is 35.2 Å². The third-order valence-corrected chi connectivity index (χ3v) is 11.0. The maximum atomic E-state index is 6.70. The maximum absolute atomic E-state index is 6.70. The summed E-state index contributed by atoms with van der Waals surface area (Å²) in [6, 6.07) is 28.5. The molecule has 3 heterocycles. The molecule has 0 spiro atoms. The van der Waals surface area contributed by atoms with Crippen LogP contribution < -0.4 is 4.74 Å². The molecule has 272 valence electrons. The molecule has 0 bridgehead atoms. The van der Waals surface area contributed by atoms with E-state index in [1.807, 2.05) is 12.3 Å². The van der Waals surface area contributed by atoms with Gasteiger partial charge < -0.3 is 9.30 Å². The number of rotatable bonds is 8. The van der Waals surface area contributed by atoms with Crippen molar-refractivity contribution in [3.05, 3.63) is 119 Å². The smallest absolute Gasteiger partial charge is 0.509 e. The minimum atomic E-state index is -0.112. The van der Waals surface area contributed by atoms with Crippen LogP contribution >= 0.6 is 0 Å². The fourth-order valence-corrected chi connectivity index (χ4v) is 8.29. The topological polar surface area (TPSA) is 44.9 Å². The van der Waals surface area contributed by atoms with Gasteiger partial charge in [0.25, 0.3) is 0 Å². The molecule has 1 unspecified atom stereocenters. The Morgan fingerprint density at radius 1 is 0.942 bits per heavy atom. The first-order valence-electron chi connectivity index (χ1n) is 18.7. The summed E-state index contributed by atoms with van der Waals surface area (Å²) in [6.45, 7) is 22.7. The summed E-state index contributed by atoms with van der Waals surface area (Å²) in [4.78, 5) is 4.82. The van der Waals surface area contributed by atoms with E-state index in [1.54, 1.807) is 0 Å². The molecule has 6 heteroatoms. The number of nitrogens with zero attached hydrogens (tertiary/aromatic N) is 4. The molecule has 0 saturated heterocycles. The second-order valence-corrected chi connectivity index (χ2v) is 16.2. The molecule has 6 aromatic rings. The van der Waals surface area contributed by atoms with Crippen molar-refractivity contribution in [2.45, 2.75) is 99.8 Å². The molecular formula is C46H52N4OPt. The van der Waals surface area contributed by atoms with Crippen molar-refractivity contribution in [1.29, 1.82) is 0 Å². The van der Waals surface area contributed by atoms with E-state index in [4.69, 9.17) is 14.8 Å². The van der Waals surface area contributed by atoms with Gasteiger partial charge in [-0.2, -0.15) is 11.2 Å². The molecule has 1 aliphatic carbocycles. The first-order chi connectivity index (χ1) is 24.3. The zero-order chi connectivity index (χ0) is 36.2. The molecule has 1 aliphatic rings. The Labute approximate surface area is 324 Å². The molecule has 0 aliphatic heterocycles. The number of hydrogen-bond acceptors (Lipinski definition) is 3. The van der Waals surface area contributed by atoms with Crippen molar-refractivity contribution in [3.8, 4) is 23.0 Å². The van der Waals surface area contributed by atoms with Gasteiger partial charge in [0, 0.05) is 40.4 Å². The van der Waals surface area contributed by atoms with E-state index in [0.717, 1.165) is 52.0 Å². The molecule has 0 N–H and O–H groups in total. The third kappa shape index (κ3) is 7.06. The molecule has 0 fully saturated rings. The average molecular weight is 872 g/mol. The largest absolute Gasteiger partial charge is 2.00 e. The minimum Gasteiger partial charge on any atom is -0.509 e. The monoisotopic (exact) mass is 871 g/mol. The summed E-state index contributed by atoms with van der Waals surface area (Å²) in [5.41, 5.74) is 10.3. The molecule has 0 radical (unpaired) electrons. The molecular weight excluding hydrogens is 820 g/mol. The Morgan fingerprint density at radius 3 is 2.42 bits per heavy atom. The van der Waals surface area contributed by atoms with Crippen molar-refractivity contribution in [1.82, 2.24) is 19.3 Å². The first-order valence-corrected chi connectivity index (χ1v) is 18.7. The van der Waals surface area contributed by atoms with Crippen molar-refractivity contribution in [3.63, 3.8) is 0 Å². The Kier molecular flexibility index (Phi) is 10.8. The Morgan fingerprint density at radius 2 is 1.71 bits per heavy atom. The molecule has 0 saturated carbocycles. The summed E-state index contributed by atoms with van der Waals surface area (Å²) < 4.78 is 11.0. The molecule has 5 nitrogen and oxygen atoms in total. The van der Waals surface area contributed by atoms with Crippen LogP contribution in [0.5, 0.6) is 11.5 Å². The summed E-state index contributed by atoms with van der Waals surface area (Å²) in [5.74, 6) is 4.36. The van der Waals surface area contributed by atoms with E-state index in [1.165, 1.54) is 34.2 Å². The third-order valence-electron chi connectivity index (χ3n) is 11.0. The van der Waals surface area contributed by atoms with Gasteiger partial charge in [0.15, 0.2) is 0 Å². The van der Waals surface area contributed by atoms with Gasteiger partial charge in [-0.25, -0.2) is 4.98 Å². The normalized spacial score (nSPS) is 17.8. The zero-order valence-corrected chi connectivity index (χ0v) is 34.6. The predicted octanol–water partition coefficient (Wildman–Crippen LogP) is 12.0. The second kappa shape index (κ2) is 14.8. The Bertz CT molecular complexity index is 2270. The number of hydrogen-bond donors (Lipinski definition) is 0. The molecule has 7 rings (SSSR count). The van der Waals surface area contributed by atoms with Gasteiger partial charge in [-0.05, 0) is 91.6 Å². The number of para-hydroxylation sites is 1. The van der Waals surface area contributed by atoms with Crippen LogP contribution in [0.25, 0.3) is 33.3 Å². The van der Waals surface area contributed by atoms with Gasteiger partial charge in [-0.15, -0.1) is 41.3 Å². The average Bonchev–Trinajstić information content (AvgIpc) is 3.57. The van der Waals surface area contributed by atoms with Crippen LogP contribution in [0.1, 0.15) is 102 Å². The van der Waals surface area contributed by atoms with Crippen LogP contribution in [0.3, 0.4) is 0 Å². The minimum absolute atomic E-state index is 0. The standard InChI is InChI=1S/C46H52N4O.Pt/c1-11-14-33-19-20-47-43(23-33)49-41-16-13-12-15-39(41)40-18-17-37(27-42(40)49)51-38-25-35(46(8,9)10)24-36(26-38)50-32(7)45(31(6)48-50)44-29(4)21-34(28(2)3)22-30(44)5;/h12-13,15-21,23-25,28,30,34,44H,11,14,22H2,1-10H3;/q-2;+2/t30-,34-,44?;/m0./s1. The van der Waals surface area contributed by atoms with E-state index in [2.05, 4.69) is 151 Å². The molecule has 52 heavy (non-hydrogen) atoms. The maximum Gasteiger partial charge on any atom is 2.00 e. The van der Waals surface area contributed by atoms with Gasteiger partial charge in [0.05, 0.1) is 5.69 Å². The molecule has 3 aromatic heterocycles. The number of aromatic nitrogens is 4. The van der Waals surface area contributed by atoms with Crippen LogP contribution in [0.4, 0.5) is 0 Å². The number of aryl methyl sites for hydroxylation is 2. The number of ether oxygens (including phenoxy) is 1. The first kappa shape index (κ1) is 37.8. The summed E-state index contributed by atoms with van der Waals surface area (Å²) in [5, 5.41) is 7.45. The quantitative estimate of drug-likeness (QED) is 0.113. The van der Waals surface area contributed by atoms with Crippen LogP contribution in [0.2, 0.25) is 0 Å². The van der Waals surface area contributed by atoms with E-state index >= 15 is 0 Å². The second-order valence-electron chi connectivity index (χ2n) is 16.2. The van der Waals surface area contributed by atoms with E-state index in [9.17, 15) is 0 Å². The molecule has 3 atom stereocenters. The van der Waals surface area contributed by atoms with Gasteiger partial charge in [-0.3, -0.25) is 4.68 Å². The predicted molar refractivity (Wildman–Crippen MR) is 211 cm³/mol. The zero-order valence-electron chi connectivity index (χ0n) is 32.4. The number of fused-ring (bicyclic) bond motifs is 3. The van der Waals surface area contributed by atoms with Gasteiger partial charge in [0.2, 0.25) is 0 Å². The summed E-state index contributed by atoms with van der Waals surface area (Å²) in [6.07, 6.45) is 7.73. The van der Waals surface area contributed by atoms with E-state index in [-0.39, 0.29) is 26.5 Å². The van der Waals surface area contributed by atoms with Crippen molar-refractivity contribution in [2.75, 3.05) is 0 Å². The fourth-order valence-electron chi connectivity index (χ4n) is 8.29. The Balaban J connectivity index is 0.00000464. The van der Waals surface area contributed by atoms with Crippen molar-refractivity contribution < 1.29 is 25.8 Å². The Hall–Kier alpha value is -3.95. The number of allylic oxidation sites excluding steroid dienone is 2. The van der Waals surface area contributed by atoms with Gasteiger partial charge in [0.1, 0.15) is 5.82 Å². The van der Waals surface area contributed by atoms with Crippen LogP contribution in [-0.2, 0) is 32.9 Å². The summed E-state index contributed by atoms with van der Waals surface area (Å²) >= 11 is 0. The van der Waals surface area contributed by atoms with Crippen LogP contribution in [0, 0.1) is 43.7 Å². The van der Waals surface area contributed by atoms with Crippen LogP contribution in [0.15, 0.2) is 78.5 Å². The van der Waals surface area contributed by atoms with Crippen molar-refractivity contribution in [2.24, 2.45) is 17.8 Å². The van der Waals surface area contributed by atoms with Crippen molar-refractivity contribution >= 4 is 21.8 Å². The van der Waals surface area contributed by atoms with E-state index < -0.39 is 0 Å².